The third-order valence-corrected chi connectivity index (χ3v) is 2.76. The molecular formula is C17H15NO2. The highest BCUT2D eigenvalue weighted by molar-refractivity contribution is 6.05. The SMILES string of the molecule is Cc1cccc(C(=O)Nc2ccccc2C#CCO)c1. The Morgan fingerprint density at radius 2 is 2.00 bits per heavy atom. The number of rotatable bonds is 2. The van der Waals surface area contributed by atoms with Gasteiger partial charge in [0.25, 0.3) is 5.91 Å². The molecule has 0 heterocycles. The molecule has 3 heteroatoms. The van der Waals surface area contributed by atoms with Crippen LogP contribution >= 0.6 is 0 Å². The Labute approximate surface area is 118 Å². The van der Waals surface area contributed by atoms with Crippen molar-refractivity contribution in [2.75, 3.05) is 11.9 Å². The number of para-hydroxylation sites is 1. The molecule has 3 nitrogen and oxygen atoms in total. The van der Waals surface area contributed by atoms with Gasteiger partial charge in [-0.25, -0.2) is 0 Å². The molecule has 2 rings (SSSR count). The molecule has 1 amide bonds. The van der Waals surface area contributed by atoms with E-state index in [9.17, 15) is 4.79 Å². The second kappa shape index (κ2) is 6.55. The Balaban J connectivity index is 2.24. The van der Waals surface area contributed by atoms with E-state index in [1.165, 1.54) is 0 Å². The maximum Gasteiger partial charge on any atom is 0.255 e. The molecule has 0 fully saturated rings. The van der Waals surface area contributed by atoms with Gasteiger partial charge >= 0.3 is 0 Å². The van der Waals surface area contributed by atoms with Gasteiger partial charge in [-0.15, -0.1) is 0 Å². The molecule has 0 saturated carbocycles. The molecule has 100 valence electrons. The van der Waals surface area contributed by atoms with Crippen LogP contribution in [0.15, 0.2) is 48.5 Å². The Morgan fingerprint density at radius 1 is 1.20 bits per heavy atom. The van der Waals surface area contributed by atoms with Gasteiger partial charge in [0.2, 0.25) is 0 Å². The minimum atomic E-state index is -0.208. The normalized spacial score (nSPS) is 9.50. The lowest BCUT2D eigenvalue weighted by molar-refractivity contribution is 0.102. The van der Waals surface area contributed by atoms with Crippen LogP contribution in [0.1, 0.15) is 21.5 Å². The summed E-state index contributed by atoms with van der Waals surface area (Å²) in [6.07, 6.45) is 0. The number of hydrogen-bond acceptors (Lipinski definition) is 2. The van der Waals surface area contributed by atoms with Crippen LogP contribution in [0.3, 0.4) is 0 Å². The quantitative estimate of drug-likeness (QED) is 0.820. The lowest BCUT2D eigenvalue weighted by atomic mass is 10.1. The van der Waals surface area contributed by atoms with Gasteiger partial charge in [-0.3, -0.25) is 4.79 Å². The van der Waals surface area contributed by atoms with E-state index in [0.29, 0.717) is 16.8 Å². The summed E-state index contributed by atoms with van der Waals surface area (Å²) in [6, 6.07) is 14.6. The summed E-state index contributed by atoms with van der Waals surface area (Å²) in [4.78, 5) is 12.2. The molecule has 2 aromatic rings. The van der Waals surface area contributed by atoms with E-state index in [0.717, 1.165) is 5.56 Å². The molecule has 0 saturated heterocycles. The van der Waals surface area contributed by atoms with E-state index in [-0.39, 0.29) is 12.5 Å². The molecule has 0 aliphatic heterocycles. The second-order valence-corrected chi connectivity index (χ2v) is 4.33. The van der Waals surface area contributed by atoms with Crippen molar-refractivity contribution >= 4 is 11.6 Å². The molecule has 0 radical (unpaired) electrons. The first-order chi connectivity index (χ1) is 9.70. The minimum absolute atomic E-state index is 0.174. The van der Waals surface area contributed by atoms with Crippen LogP contribution in [-0.4, -0.2) is 17.6 Å². The van der Waals surface area contributed by atoms with Crippen molar-refractivity contribution in [2.24, 2.45) is 0 Å². The molecule has 0 aliphatic carbocycles. The Hall–Kier alpha value is -2.57. The minimum Gasteiger partial charge on any atom is -0.384 e. The topological polar surface area (TPSA) is 49.3 Å². The number of amides is 1. The third kappa shape index (κ3) is 3.47. The highest BCUT2D eigenvalue weighted by Gasteiger charge is 2.07. The van der Waals surface area contributed by atoms with Crippen molar-refractivity contribution < 1.29 is 9.90 Å². The number of anilines is 1. The average molecular weight is 265 g/mol. The fourth-order valence-corrected chi connectivity index (χ4v) is 1.82. The lowest BCUT2D eigenvalue weighted by Crippen LogP contribution is -2.12. The van der Waals surface area contributed by atoms with Gasteiger partial charge in [-0.2, -0.15) is 0 Å². The van der Waals surface area contributed by atoms with Gasteiger partial charge in [0.15, 0.2) is 0 Å². The van der Waals surface area contributed by atoms with Gasteiger partial charge in [0.1, 0.15) is 6.61 Å². The molecule has 0 aromatic heterocycles. The van der Waals surface area contributed by atoms with Crippen molar-refractivity contribution in [1.29, 1.82) is 0 Å². The highest BCUT2D eigenvalue weighted by atomic mass is 16.2. The van der Waals surface area contributed by atoms with Gasteiger partial charge < -0.3 is 10.4 Å². The van der Waals surface area contributed by atoms with Gasteiger partial charge in [0, 0.05) is 11.1 Å². The van der Waals surface area contributed by atoms with Crippen LogP contribution < -0.4 is 5.32 Å². The van der Waals surface area contributed by atoms with Crippen molar-refractivity contribution in [1.82, 2.24) is 0 Å². The number of aliphatic hydroxyl groups excluding tert-OH is 1. The average Bonchev–Trinajstić information content (AvgIpc) is 2.46. The predicted molar refractivity (Wildman–Crippen MR) is 79.5 cm³/mol. The van der Waals surface area contributed by atoms with Crippen LogP contribution in [0, 0.1) is 18.8 Å². The second-order valence-electron chi connectivity index (χ2n) is 4.33. The van der Waals surface area contributed by atoms with Gasteiger partial charge in [0.05, 0.1) is 5.69 Å². The first-order valence-electron chi connectivity index (χ1n) is 6.27. The summed E-state index contributed by atoms with van der Waals surface area (Å²) >= 11 is 0. The standard InChI is InChI=1S/C17H15NO2/c1-13-6-4-8-15(12-13)17(20)18-16-10-3-2-7-14(16)9-5-11-19/h2-4,6-8,10,12,19H,11H2,1H3,(H,18,20). The molecule has 0 unspecified atom stereocenters. The molecule has 0 spiro atoms. The zero-order valence-electron chi connectivity index (χ0n) is 11.2. The molecule has 0 bridgehead atoms. The summed E-state index contributed by atoms with van der Waals surface area (Å²) in [6.45, 7) is 1.73. The van der Waals surface area contributed by atoms with Crippen molar-refractivity contribution in [3.05, 3.63) is 65.2 Å². The fourth-order valence-electron chi connectivity index (χ4n) is 1.82. The molecule has 0 aliphatic rings. The zero-order chi connectivity index (χ0) is 14.4. The van der Waals surface area contributed by atoms with Crippen LogP contribution in [-0.2, 0) is 0 Å². The molecule has 0 atom stereocenters. The monoisotopic (exact) mass is 265 g/mol. The van der Waals surface area contributed by atoms with Crippen LogP contribution in [0.4, 0.5) is 5.69 Å². The number of hydrogen-bond donors (Lipinski definition) is 2. The summed E-state index contributed by atoms with van der Waals surface area (Å²) in [5.74, 6) is 5.22. The van der Waals surface area contributed by atoms with E-state index in [2.05, 4.69) is 17.2 Å². The summed E-state index contributed by atoms with van der Waals surface area (Å²) in [7, 11) is 0. The molecular weight excluding hydrogens is 250 g/mol. The number of aliphatic hydroxyl groups is 1. The largest absolute Gasteiger partial charge is 0.384 e. The summed E-state index contributed by atoms with van der Waals surface area (Å²) in [5, 5.41) is 11.6. The van der Waals surface area contributed by atoms with Crippen LogP contribution in [0.25, 0.3) is 0 Å². The van der Waals surface area contributed by atoms with E-state index in [1.807, 2.05) is 37.3 Å². The molecule has 20 heavy (non-hydrogen) atoms. The van der Waals surface area contributed by atoms with Crippen molar-refractivity contribution in [3.8, 4) is 11.8 Å². The Kier molecular flexibility index (Phi) is 4.54. The van der Waals surface area contributed by atoms with Crippen LogP contribution in [0.5, 0.6) is 0 Å². The predicted octanol–water partition coefficient (Wildman–Crippen LogP) is 2.59. The maximum atomic E-state index is 12.2. The summed E-state index contributed by atoms with van der Waals surface area (Å²) < 4.78 is 0. The van der Waals surface area contributed by atoms with Crippen molar-refractivity contribution in [2.45, 2.75) is 6.92 Å². The number of aryl methyl sites for hydroxylation is 1. The first kappa shape index (κ1) is 13.9. The number of carbonyl (C=O) groups excluding carboxylic acids is 1. The third-order valence-electron chi connectivity index (χ3n) is 2.76. The Morgan fingerprint density at radius 3 is 2.75 bits per heavy atom. The highest BCUT2D eigenvalue weighted by Crippen LogP contribution is 2.15. The van der Waals surface area contributed by atoms with E-state index < -0.39 is 0 Å². The maximum absolute atomic E-state index is 12.2. The number of nitrogens with one attached hydrogen (secondary N) is 1. The smallest absolute Gasteiger partial charge is 0.255 e. The van der Waals surface area contributed by atoms with Crippen LogP contribution in [0.2, 0.25) is 0 Å². The van der Waals surface area contributed by atoms with E-state index in [4.69, 9.17) is 5.11 Å². The number of benzene rings is 2. The van der Waals surface area contributed by atoms with Gasteiger partial charge in [-0.1, -0.05) is 41.7 Å². The zero-order valence-corrected chi connectivity index (χ0v) is 11.2. The lowest BCUT2D eigenvalue weighted by Gasteiger charge is -2.08. The first-order valence-corrected chi connectivity index (χ1v) is 6.27. The molecule has 2 aromatic carbocycles. The fraction of sp³-hybridized carbons (Fsp3) is 0.118. The molecule has 2 N–H and O–H groups in total. The Bertz CT molecular complexity index is 681. The van der Waals surface area contributed by atoms with E-state index in [1.54, 1.807) is 18.2 Å². The van der Waals surface area contributed by atoms with Gasteiger partial charge in [-0.05, 0) is 31.2 Å². The summed E-state index contributed by atoms with van der Waals surface area (Å²) in [5.41, 5.74) is 2.96. The number of carbonyl (C=O) groups is 1. The van der Waals surface area contributed by atoms with Crippen molar-refractivity contribution in [3.63, 3.8) is 0 Å². The van der Waals surface area contributed by atoms with E-state index >= 15 is 0 Å².